The number of aryl methyl sites for hydroxylation is 1. The summed E-state index contributed by atoms with van der Waals surface area (Å²) in [5, 5.41) is 1.14. The maximum absolute atomic E-state index is 11.1. The number of hydrogen-bond donors (Lipinski definition) is 0. The Labute approximate surface area is 113 Å². The molecule has 1 aromatic carbocycles. The Balaban J connectivity index is 1.71. The molecule has 3 nitrogen and oxygen atoms in total. The molecular formula is C16H19NO2. The molecule has 0 bridgehead atoms. The highest BCUT2D eigenvalue weighted by Gasteiger charge is 2.15. The van der Waals surface area contributed by atoms with Gasteiger partial charge in [-0.2, -0.15) is 0 Å². The van der Waals surface area contributed by atoms with E-state index in [2.05, 4.69) is 22.9 Å². The second-order valence-corrected chi connectivity index (χ2v) is 5.19. The first kappa shape index (κ1) is 12.4. The minimum Gasteiger partial charge on any atom is -0.378 e. The van der Waals surface area contributed by atoms with Crippen LogP contribution in [0.2, 0.25) is 0 Å². The molecule has 3 rings (SSSR count). The zero-order valence-electron chi connectivity index (χ0n) is 11.0. The number of carbonyl (C=O) groups is 1. The van der Waals surface area contributed by atoms with Crippen molar-refractivity contribution in [1.82, 2.24) is 4.57 Å². The summed E-state index contributed by atoms with van der Waals surface area (Å²) in [6, 6.07) is 7.95. The average molecular weight is 257 g/mol. The van der Waals surface area contributed by atoms with Crippen LogP contribution in [-0.2, 0) is 11.3 Å². The summed E-state index contributed by atoms with van der Waals surface area (Å²) >= 11 is 0. The molecule has 1 aliphatic heterocycles. The van der Waals surface area contributed by atoms with Crippen molar-refractivity contribution in [2.24, 2.45) is 0 Å². The molecular weight excluding hydrogens is 238 g/mol. The third-order valence-electron chi connectivity index (χ3n) is 3.90. The lowest BCUT2D eigenvalue weighted by Crippen LogP contribution is -2.07. The fraction of sp³-hybridized carbons (Fsp3) is 0.438. The summed E-state index contributed by atoms with van der Waals surface area (Å²) < 4.78 is 7.83. The molecule has 0 amide bonds. The van der Waals surface area contributed by atoms with Gasteiger partial charge in [0.15, 0.2) is 6.29 Å². The van der Waals surface area contributed by atoms with Crippen LogP contribution in [0.1, 0.15) is 36.0 Å². The van der Waals surface area contributed by atoms with Gasteiger partial charge in [-0.1, -0.05) is 12.1 Å². The highest BCUT2D eigenvalue weighted by atomic mass is 16.5. The fourth-order valence-corrected chi connectivity index (χ4v) is 2.93. The van der Waals surface area contributed by atoms with Crippen molar-refractivity contribution in [3.63, 3.8) is 0 Å². The van der Waals surface area contributed by atoms with Gasteiger partial charge < -0.3 is 9.30 Å². The Morgan fingerprint density at radius 3 is 3.11 bits per heavy atom. The van der Waals surface area contributed by atoms with Crippen molar-refractivity contribution in [2.75, 3.05) is 6.61 Å². The summed E-state index contributed by atoms with van der Waals surface area (Å²) in [5.41, 5.74) is 1.84. The standard InChI is InChI=1S/C16H19NO2/c18-12-14-5-1-4-13-8-10-17(16(13)14)9-2-6-15-7-3-11-19-15/h1,4-5,8,10,12,15H,2-3,6-7,9,11H2. The van der Waals surface area contributed by atoms with Crippen molar-refractivity contribution in [1.29, 1.82) is 0 Å². The normalized spacial score (nSPS) is 19.1. The number of aromatic nitrogens is 1. The van der Waals surface area contributed by atoms with E-state index >= 15 is 0 Å². The molecule has 2 aromatic rings. The number of fused-ring (bicyclic) bond motifs is 1. The third kappa shape index (κ3) is 2.56. The number of rotatable bonds is 5. The number of carbonyl (C=O) groups excluding carboxylic acids is 1. The minimum absolute atomic E-state index is 0.451. The van der Waals surface area contributed by atoms with Crippen LogP contribution in [-0.4, -0.2) is 23.6 Å². The Bertz CT molecular complexity index is 567. The minimum atomic E-state index is 0.451. The first-order valence-electron chi connectivity index (χ1n) is 7.03. The van der Waals surface area contributed by atoms with E-state index in [-0.39, 0.29) is 0 Å². The van der Waals surface area contributed by atoms with Crippen LogP contribution in [0.25, 0.3) is 10.9 Å². The van der Waals surface area contributed by atoms with Gasteiger partial charge in [-0.3, -0.25) is 4.79 Å². The van der Waals surface area contributed by atoms with Gasteiger partial charge in [0.05, 0.1) is 11.6 Å². The molecule has 0 N–H and O–H groups in total. The smallest absolute Gasteiger partial charge is 0.152 e. The van der Waals surface area contributed by atoms with Crippen molar-refractivity contribution in [3.8, 4) is 0 Å². The van der Waals surface area contributed by atoms with Crippen LogP contribution >= 0.6 is 0 Å². The van der Waals surface area contributed by atoms with Gasteiger partial charge in [0.25, 0.3) is 0 Å². The van der Waals surface area contributed by atoms with E-state index in [0.717, 1.165) is 48.7 Å². The van der Waals surface area contributed by atoms with Crippen LogP contribution in [0, 0.1) is 0 Å². The van der Waals surface area contributed by atoms with Crippen molar-refractivity contribution < 1.29 is 9.53 Å². The summed E-state index contributed by atoms with van der Waals surface area (Å²) in [4.78, 5) is 11.1. The quantitative estimate of drug-likeness (QED) is 0.769. The molecule has 0 aliphatic carbocycles. The third-order valence-corrected chi connectivity index (χ3v) is 3.90. The lowest BCUT2D eigenvalue weighted by molar-refractivity contribution is 0.101. The van der Waals surface area contributed by atoms with Gasteiger partial charge >= 0.3 is 0 Å². The van der Waals surface area contributed by atoms with Gasteiger partial charge in [0.2, 0.25) is 0 Å². The molecule has 1 atom stereocenters. The van der Waals surface area contributed by atoms with Crippen LogP contribution in [0.3, 0.4) is 0 Å². The van der Waals surface area contributed by atoms with E-state index in [9.17, 15) is 4.79 Å². The van der Waals surface area contributed by atoms with Crippen molar-refractivity contribution in [2.45, 2.75) is 38.3 Å². The Morgan fingerprint density at radius 1 is 1.37 bits per heavy atom. The lowest BCUT2D eigenvalue weighted by Gasteiger charge is -2.10. The number of hydrogen-bond acceptors (Lipinski definition) is 2. The Kier molecular flexibility index (Phi) is 3.65. The maximum atomic E-state index is 11.1. The molecule has 1 fully saturated rings. The average Bonchev–Trinajstić information content (AvgIpc) is 3.08. The summed E-state index contributed by atoms with van der Waals surface area (Å²) in [6.45, 7) is 1.88. The summed E-state index contributed by atoms with van der Waals surface area (Å²) in [6.07, 6.45) is 8.09. The predicted octanol–water partition coefficient (Wildman–Crippen LogP) is 3.41. The number of para-hydroxylation sites is 1. The molecule has 0 radical (unpaired) electrons. The topological polar surface area (TPSA) is 31.2 Å². The number of aldehydes is 1. The largest absolute Gasteiger partial charge is 0.378 e. The molecule has 3 heteroatoms. The molecule has 100 valence electrons. The molecule has 19 heavy (non-hydrogen) atoms. The van der Waals surface area contributed by atoms with Crippen molar-refractivity contribution in [3.05, 3.63) is 36.0 Å². The first-order chi connectivity index (χ1) is 9.38. The van der Waals surface area contributed by atoms with Crippen LogP contribution < -0.4 is 0 Å². The van der Waals surface area contributed by atoms with Gasteiger partial charge in [-0.15, -0.1) is 0 Å². The highest BCUT2D eigenvalue weighted by molar-refractivity contribution is 5.96. The SMILES string of the molecule is O=Cc1cccc2ccn(CCCC3CCCO3)c12. The molecule has 1 saturated heterocycles. The van der Waals surface area contributed by atoms with Crippen LogP contribution in [0.15, 0.2) is 30.5 Å². The molecule has 1 aromatic heterocycles. The highest BCUT2D eigenvalue weighted by Crippen LogP contribution is 2.21. The second-order valence-electron chi connectivity index (χ2n) is 5.19. The monoisotopic (exact) mass is 257 g/mol. The van der Waals surface area contributed by atoms with E-state index in [1.54, 1.807) is 0 Å². The molecule has 1 aliphatic rings. The fourth-order valence-electron chi connectivity index (χ4n) is 2.93. The van der Waals surface area contributed by atoms with Gasteiger partial charge in [0, 0.05) is 30.3 Å². The zero-order chi connectivity index (χ0) is 13.1. The van der Waals surface area contributed by atoms with Crippen molar-refractivity contribution >= 4 is 17.2 Å². The molecule has 0 saturated carbocycles. The number of benzene rings is 1. The van der Waals surface area contributed by atoms with Gasteiger partial charge in [-0.05, 0) is 37.8 Å². The van der Waals surface area contributed by atoms with E-state index in [4.69, 9.17) is 4.74 Å². The van der Waals surface area contributed by atoms with Gasteiger partial charge in [0.1, 0.15) is 0 Å². The van der Waals surface area contributed by atoms with Crippen LogP contribution in [0.5, 0.6) is 0 Å². The Hall–Kier alpha value is -1.61. The van der Waals surface area contributed by atoms with Gasteiger partial charge in [-0.25, -0.2) is 0 Å². The number of ether oxygens (including phenoxy) is 1. The van der Waals surface area contributed by atoms with E-state index in [1.807, 2.05) is 12.1 Å². The van der Waals surface area contributed by atoms with E-state index in [1.165, 1.54) is 12.8 Å². The Morgan fingerprint density at radius 2 is 2.32 bits per heavy atom. The molecule has 2 heterocycles. The lowest BCUT2D eigenvalue weighted by atomic mass is 10.1. The predicted molar refractivity (Wildman–Crippen MR) is 75.5 cm³/mol. The number of nitrogens with zero attached hydrogens (tertiary/aromatic N) is 1. The molecule has 1 unspecified atom stereocenters. The first-order valence-corrected chi connectivity index (χ1v) is 7.03. The van der Waals surface area contributed by atoms with E-state index in [0.29, 0.717) is 6.10 Å². The molecule has 0 spiro atoms. The second kappa shape index (κ2) is 5.57. The van der Waals surface area contributed by atoms with E-state index < -0.39 is 0 Å². The zero-order valence-corrected chi connectivity index (χ0v) is 11.0. The summed E-state index contributed by atoms with van der Waals surface area (Å²) in [5.74, 6) is 0. The maximum Gasteiger partial charge on any atom is 0.152 e. The summed E-state index contributed by atoms with van der Waals surface area (Å²) in [7, 11) is 0. The van der Waals surface area contributed by atoms with Crippen LogP contribution in [0.4, 0.5) is 0 Å².